The Kier molecular flexibility index (Phi) is 7.51. The second-order valence-electron chi connectivity index (χ2n) is 2.84. The molecule has 0 rings (SSSR count). The van der Waals surface area contributed by atoms with Crippen LogP contribution in [0.25, 0.3) is 0 Å². The average Bonchev–Trinajstić information content (AvgIpc) is 2.16. The van der Waals surface area contributed by atoms with Crippen LogP contribution in [0.5, 0.6) is 0 Å². The van der Waals surface area contributed by atoms with E-state index < -0.39 is 12.6 Å². The lowest BCUT2D eigenvalue weighted by atomic mass is 10.4. The minimum Gasteiger partial charge on any atom is -0.480 e. The maximum atomic E-state index is 11.4. The van der Waals surface area contributed by atoms with Gasteiger partial charge in [-0.1, -0.05) is 0 Å². The molecule has 0 fully saturated rings. The van der Waals surface area contributed by atoms with Gasteiger partial charge in [-0.2, -0.15) is 0 Å². The van der Waals surface area contributed by atoms with Crippen LogP contribution in [0.4, 0.5) is 0 Å². The Morgan fingerprint density at radius 2 is 1.67 bits per heavy atom. The molecular formula is C8H17N3O4. The molecule has 0 bridgehead atoms. The molecule has 15 heavy (non-hydrogen) atoms. The first-order valence-corrected chi connectivity index (χ1v) is 4.59. The summed E-state index contributed by atoms with van der Waals surface area (Å²) in [6.45, 7) is 0.728. The van der Waals surface area contributed by atoms with Crippen LogP contribution in [0.1, 0.15) is 0 Å². The lowest BCUT2D eigenvalue weighted by molar-refractivity contribution is -0.145. The molecule has 5 N–H and O–H groups in total. The Balaban J connectivity index is 3.85. The summed E-state index contributed by atoms with van der Waals surface area (Å²) in [4.78, 5) is 23.0. The van der Waals surface area contributed by atoms with E-state index in [2.05, 4.69) is 4.74 Å². The van der Waals surface area contributed by atoms with Gasteiger partial charge in [-0.3, -0.25) is 4.79 Å². The highest BCUT2D eigenvalue weighted by atomic mass is 16.5. The third kappa shape index (κ3) is 6.83. The standard InChI is InChI=1S/C8H17N3O4/c9-1-3-11(4-2-10)7(12)5-15-6-8(13)14/h1-6,9-10H2,(H,13,14). The molecule has 0 unspecified atom stereocenters. The zero-order chi connectivity index (χ0) is 11.7. The van der Waals surface area contributed by atoms with Crippen LogP contribution in [0.3, 0.4) is 0 Å². The molecule has 0 aromatic heterocycles. The van der Waals surface area contributed by atoms with Crippen molar-refractivity contribution in [3.05, 3.63) is 0 Å². The average molecular weight is 219 g/mol. The summed E-state index contributed by atoms with van der Waals surface area (Å²) in [5.74, 6) is -1.40. The topological polar surface area (TPSA) is 119 Å². The highest BCUT2D eigenvalue weighted by Crippen LogP contribution is 1.89. The SMILES string of the molecule is NCCN(CCN)C(=O)COCC(=O)O. The third-order valence-electron chi connectivity index (χ3n) is 1.60. The molecule has 88 valence electrons. The number of nitrogens with zero attached hydrogens (tertiary/aromatic N) is 1. The molecule has 0 aliphatic carbocycles. The molecule has 0 saturated heterocycles. The van der Waals surface area contributed by atoms with Crippen molar-refractivity contribution in [3.8, 4) is 0 Å². The molecule has 0 aliphatic rings. The van der Waals surface area contributed by atoms with Crippen LogP contribution in [0.15, 0.2) is 0 Å². The molecular weight excluding hydrogens is 202 g/mol. The van der Waals surface area contributed by atoms with E-state index in [1.165, 1.54) is 4.90 Å². The second kappa shape index (κ2) is 8.16. The largest absolute Gasteiger partial charge is 0.480 e. The van der Waals surface area contributed by atoms with Gasteiger partial charge in [-0.05, 0) is 0 Å². The number of carboxylic acids is 1. The van der Waals surface area contributed by atoms with Gasteiger partial charge in [0.05, 0.1) is 0 Å². The summed E-state index contributed by atoms with van der Waals surface area (Å²) in [7, 11) is 0. The summed E-state index contributed by atoms with van der Waals surface area (Å²) >= 11 is 0. The van der Waals surface area contributed by atoms with E-state index in [0.717, 1.165) is 0 Å². The van der Waals surface area contributed by atoms with Gasteiger partial charge in [-0.25, -0.2) is 4.79 Å². The van der Waals surface area contributed by atoms with E-state index in [-0.39, 0.29) is 12.5 Å². The fraction of sp³-hybridized carbons (Fsp3) is 0.750. The molecule has 0 aliphatic heterocycles. The smallest absolute Gasteiger partial charge is 0.329 e. The van der Waals surface area contributed by atoms with Crippen LogP contribution in [0, 0.1) is 0 Å². The third-order valence-corrected chi connectivity index (χ3v) is 1.60. The van der Waals surface area contributed by atoms with Gasteiger partial charge in [-0.15, -0.1) is 0 Å². The van der Waals surface area contributed by atoms with Gasteiger partial charge >= 0.3 is 5.97 Å². The van der Waals surface area contributed by atoms with E-state index in [1.807, 2.05) is 0 Å². The van der Waals surface area contributed by atoms with Crippen LogP contribution in [-0.4, -0.2) is 61.3 Å². The van der Waals surface area contributed by atoms with Crippen molar-refractivity contribution in [3.63, 3.8) is 0 Å². The van der Waals surface area contributed by atoms with Crippen LogP contribution in [-0.2, 0) is 14.3 Å². The quantitative estimate of drug-likeness (QED) is 0.427. The number of hydrogen-bond donors (Lipinski definition) is 3. The Labute approximate surface area is 88.0 Å². The van der Waals surface area contributed by atoms with Gasteiger partial charge in [0.1, 0.15) is 13.2 Å². The van der Waals surface area contributed by atoms with E-state index in [9.17, 15) is 9.59 Å². The normalized spacial score (nSPS) is 10.0. The first kappa shape index (κ1) is 13.8. The van der Waals surface area contributed by atoms with Crippen molar-refractivity contribution in [2.45, 2.75) is 0 Å². The Morgan fingerprint density at radius 1 is 1.13 bits per heavy atom. The van der Waals surface area contributed by atoms with Crippen LogP contribution < -0.4 is 11.5 Å². The zero-order valence-corrected chi connectivity index (χ0v) is 8.52. The number of rotatable bonds is 8. The number of carboxylic acid groups (broad SMARTS) is 1. The van der Waals surface area contributed by atoms with Crippen molar-refractivity contribution in [1.29, 1.82) is 0 Å². The number of ether oxygens (including phenoxy) is 1. The molecule has 0 aromatic carbocycles. The first-order valence-electron chi connectivity index (χ1n) is 4.59. The maximum absolute atomic E-state index is 11.4. The lowest BCUT2D eigenvalue weighted by Crippen LogP contribution is -2.41. The first-order chi connectivity index (χ1) is 7.11. The van der Waals surface area contributed by atoms with Gasteiger partial charge in [0.25, 0.3) is 0 Å². The van der Waals surface area contributed by atoms with Crippen molar-refractivity contribution in [1.82, 2.24) is 4.90 Å². The fourth-order valence-electron chi connectivity index (χ4n) is 0.990. The lowest BCUT2D eigenvalue weighted by Gasteiger charge is -2.20. The Hall–Kier alpha value is -1.18. The van der Waals surface area contributed by atoms with Crippen molar-refractivity contribution < 1.29 is 19.4 Å². The highest BCUT2D eigenvalue weighted by Gasteiger charge is 2.12. The minimum absolute atomic E-state index is 0.258. The number of carbonyl (C=O) groups excluding carboxylic acids is 1. The molecule has 0 spiro atoms. The van der Waals surface area contributed by atoms with Crippen LogP contribution in [0.2, 0.25) is 0 Å². The van der Waals surface area contributed by atoms with Crippen molar-refractivity contribution >= 4 is 11.9 Å². The predicted octanol–water partition coefficient (Wildman–Crippen LogP) is -2.17. The predicted molar refractivity (Wildman–Crippen MR) is 53.1 cm³/mol. The minimum atomic E-state index is -1.10. The molecule has 7 heteroatoms. The van der Waals surface area contributed by atoms with E-state index >= 15 is 0 Å². The monoisotopic (exact) mass is 219 g/mol. The molecule has 7 nitrogen and oxygen atoms in total. The summed E-state index contributed by atoms with van der Waals surface area (Å²) in [6.07, 6.45) is 0. The summed E-state index contributed by atoms with van der Waals surface area (Å²) < 4.78 is 4.66. The number of carbonyl (C=O) groups is 2. The van der Waals surface area contributed by atoms with E-state index in [4.69, 9.17) is 16.6 Å². The molecule has 1 amide bonds. The molecule has 0 heterocycles. The zero-order valence-electron chi connectivity index (χ0n) is 8.52. The van der Waals surface area contributed by atoms with Crippen molar-refractivity contribution in [2.75, 3.05) is 39.4 Å². The van der Waals surface area contributed by atoms with Gasteiger partial charge in [0, 0.05) is 26.2 Å². The number of hydrogen-bond acceptors (Lipinski definition) is 5. The van der Waals surface area contributed by atoms with Gasteiger partial charge in [0.15, 0.2) is 0 Å². The van der Waals surface area contributed by atoms with Gasteiger partial charge < -0.3 is 26.2 Å². The number of aliphatic carboxylic acids is 1. The number of nitrogens with two attached hydrogens (primary N) is 2. The van der Waals surface area contributed by atoms with Crippen molar-refractivity contribution in [2.24, 2.45) is 11.5 Å². The van der Waals surface area contributed by atoms with E-state index in [1.54, 1.807) is 0 Å². The highest BCUT2D eigenvalue weighted by molar-refractivity contribution is 5.78. The molecule has 0 radical (unpaired) electrons. The summed E-state index contributed by atoms with van der Waals surface area (Å²) in [6, 6.07) is 0. The van der Waals surface area contributed by atoms with E-state index in [0.29, 0.717) is 26.2 Å². The fourth-order valence-corrected chi connectivity index (χ4v) is 0.990. The van der Waals surface area contributed by atoms with Gasteiger partial charge in [0.2, 0.25) is 5.91 Å². The number of amides is 1. The maximum Gasteiger partial charge on any atom is 0.329 e. The second-order valence-corrected chi connectivity index (χ2v) is 2.84. The molecule has 0 aromatic rings. The molecule has 0 saturated carbocycles. The van der Waals surface area contributed by atoms with Crippen LogP contribution >= 0.6 is 0 Å². The summed E-state index contributed by atoms with van der Waals surface area (Å²) in [5.41, 5.74) is 10.6. The molecule has 0 atom stereocenters. The Morgan fingerprint density at radius 3 is 2.07 bits per heavy atom. The Bertz CT molecular complexity index is 204. The summed E-state index contributed by atoms with van der Waals surface area (Å²) in [5, 5.41) is 8.28.